The lowest BCUT2D eigenvalue weighted by Gasteiger charge is -2.17. The minimum atomic E-state index is -0.445. The second-order valence-corrected chi connectivity index (χ2v) is 5.64. The number of aromatic nitrogens is 5. The number of pyridine rings is 1. The Bertz CT molecular complexity index is 773. The Hall–Kier alpha value is -2.54. The first kappa shape index (κ1) is 13.1. The minimum Gasteiger partial charge on any atom is -0.334 e. The van der Waals surface area contributed by atoms with Crippen LogP contribution in [0.4, 0.5) is 0 Å². The molecular weight excluding hydrogens is 280 g/mol. The normalized spacial score (nSPS) is 17.0. The van der Waals surface area contributed by atoms with Crippen LogP contribution in [0, 0.1) is 0 Å². The summed E-state index contributed by atoms with van der Waals surface area (Å²) in [5.74, 6) is 1.76. The van der Waals surface area contributed by atoms with Gasteiger partial charge in [0.1, 0.15) is 0 Å². The van der Waals surface area contributed by atoms with Crippen molar-refractivity contribution >= 4 is 0 Å². The van der Waals surface area contributed by atoms with E-state index in [1.165, 1.54) is 0 Å². The molecule has 1 saturated carbocycles. The standard InChI is InChI=1S/C15H16N6O/c16-15(5-1-2-6-15)14-19-13(22-20-14)11-4-8-17-12(10-11)21-9-3-7-18-21/h3-4,7-10H,1-2,5-6,16H2. The lowest BCUT2D eigenvalue weighted by molar-refractivity contribution is 0.372. The molecule has 0 radical (unpaired) electrons. The largest absolute Gasteiger partial charge is 0.334 e. The minimum absolute atomic E-state index is 0.445. The van der Waals surface area contributed by atoms with Gasteiger partial charge >= 0.3 is 0 Å². The second-order valence-electron chi connectivity index (χ2n) is 5.64. The Labute approximate surface area is 127 Å². The second kappa shape index (κ2) is 5.03. The van der Waals surface area contributed by atoms with Crippen LogP contribution in [0.25, 0.3) is 17.3 Å². The topological polar surface area (TPSA) is 95.7 Å². The van der Waals surface area contributed by atoms with Crippen molar-refractivity contribution < 1.29 is 4.52 Å². The quantitative estimate of drug-likeness (QED) is 0.794. The number of hydrogen-bond acceptors (Lipinski definition) is 6. The summed E-state index contributed by atoms with van der Waals surface area (Å²) < 4.78 is 7.08. The van der Waals surface area contributed by atoms with Gasteiger partial charge in [-0.05, 0) is 31.0 Å². The van der Waals surface area contributed by atoms with Crippen molar-refractivity contribution in [2.24, 2.45) is 5.73 Å². The maximum Gasteiger partial charge on any atom is 0.258 e. The fourth-order valence-corrected chi connectivity index (χ4v) is 2.85. The van der Waals surface area contributed by atoms with E-state index in [4.69, 9.17) is 10.3 Å². The van der Waals surface area contributed by atoms with Crippen LogP contribution in [-0.4, -0.2) is 24.9 Å². The summed E-state index contributed by atoms with van der Waals surface area (Å²) in [5, 5.41) is 8.25. The third-order valence-electron chi connectivity index (χ3n) is 4.10. The van der Waals surface area contributed by atoms with Crippen LogP contribution in [0.3, 0.4) is 0 Å². The zero-order valence-corrected chi connectivity index (χ0v) is 12.0. The van der Waals surface area contributed by atoms with Crippen molar-refractivity contribution in [3.63, 3.8) is 0 Å². The highest BCUT2D eigenvalue weighted by molar-refractivity contribution is 5.55. The molecule has 3 aromatic heterocycles. The van der Waals surface area contributed by atoms with E-state index in [0.717, 1.165) is 31.2 Å². The molecule has 3 heterocycles. The number of rotatable bonds is 3. The molecule has 0 unspecified atom stereocenters. The van der Waals surface area contributed by atoms with Gasteiger partial charge in [0.15, 0.2) is 11.6 Å². The molecule has 7 nitrogen and oxygen atoms in total. The summed E-state index contributed by atoms with van der Waals surface area (Å²) in [6.45, 7) is 0. The Balaban J connectivity index is 1.68. The molecule has 22 heavy (non-hydrogen) atoms. The highest BCUT2D eigenvalue weighted by atomic mass is 16.5. The van der Waals surface area contributed by atoms with Crippen molar-refractivity contribution in [2.75, 3.05) is 0 Å². The van der Waals surface area contributed by atoms with Gasteiger partial charge in [0.25, 0.3) is 5.89 Å². The first-order valence-electron chi connectivity index (χ1n) is 7.34. The average molecular weight is 296 g/mol. The van der Waals surface area contributed by atoms with Gasteiger partial charge in [0.2, 0.25) is 0 Å². The monoisotopic (exact) mass is 296 g/mol. The van der Waals surface area contributed by atoms with Gasteiger partial charge < -0.3 is 10.3 Å². The summed E-state index contributed by atoms with van der Waals surface area (Å²) >= 11 is 0. The lowest BCUT2D eigenvalue weighted by atomic mass is 9.99. The van der Waals surface area contributed by atoms with Crippen molar-refractivity contribution in [3.8, 4) is 17.3 Å². The molecule has 0 bridgehead atoms. The summed E-state index contributed by atoms with van der Waals surface area (Å²) in [7, 11) is 0. The molecule has 1 aliphatic carbocycles. The van der Waals surface area contributed by atoms with Gasteiger partial charge in [-0.15, -0.1) is 0 Å². The van der Waals surface area contributed by atoms with Crippen molar-refractivity contribution in [1.29, 1.82) is 0 Å². The third-order valence-corrected chi connectivity index (χ3v) is 4.10. The van der Waals surface area contributed by atoms with E-state index in [-0.39, 0.29) is 0 Å². The smallest absolute Gasteiger partial charge is 0.258 e. The van der Waals surface area contributed by atoms with E-state index in [1.807, 2.05) is 24.4 Å². The fourth-order valence-electron chi connectivity index (χ4n) is 2.85. The molecule has 4 rings (SSSR count). The van der Waals surface area contributed by atoms with Crippen LogP contribution in [0.15, 0.2) is 41.3 Å². The van der Waals surface area contributed by atoms with E-state index < -0.39 is 5.54 Å². The molecular formula is C15H16N6O. The molecule has 2 N–H and O–H groups in total. The number of hydrogen-bond donors (Lipinski definition) is 1. The average Bonchev–Trinajstić information content (AvgIpc) is 3.29. The van der Waals surface area contributed by atoms with E-state index >= 15 is 0 Å². The Morgan fingerprint density at radius 1 is 1.23 bits per heavy atom. The highest BCUT2D eigenvalue weighted by Gasteiger charge is 2.36. The van der Waals surface area contributed by atoms with Gasteiger partial charge in [-0.25, -0.2) is 9.67 Å². The summed E-state index contributed by atoms with van der Waals surface area (Å²) in [6.07, 6.45) is 9.26. The van der Waals surface area contributed by atoms with Crippen LogP contribution in [-0.2, 0) is 5.54 Å². The van der Waals surface area contributed by atoms with E-state index in [1.54, 1.807) is 17.1 Å². The van der Waals surface area contributed by atoms with Gasteiger partial charge in [-0.1, -0.05) is 18.0 Å². The van der Waals surface area contributed by atoms with E-state index in [9.17, 15) is 0 Å². The molecule has 0 spiro atoms. The summed E-state index contributed by atoms with van der Waals surface area (Å²) in [6, 6.07) is 5.54. The zero-order chi connectivity index (χ0) is 15.0. The van der Waals surface area contributed by atoms with E-state index in [2.05, 4.69) is 20.2 Å². The number of nitrogens with zero attached hydrogens (tertiary/aromatic N) is 5. The maximum atomic E-state index is 6.37. The summed E-state index contributed by atoms with van der Waals surface area (Å²) in [4.78, 5) is 8.79. The van der Waals surface area contributed by atoms with Gasteiger partial charge in [-0.3, -0.25) is 0 Å². The lowest BCUT2D eigenvalue weighted by Crippen LogP contribution is -2.34. The van der Waals surface area contributed by atoms with Gasteiger partial charge in [-0.2, -0.15) is 10.1 Å². The van der Waals surface area contributed by atoms with Crippen LogP contribution < -0.4 is 5.73 Å². The molecule has 0 aromatic carbocycles. The van der Waals surface area contributed by atoms with Gasteiger partial charge in [0.05, 0.1) is 5.54 Å². The Kier molecular flexibility index (Phi) is 3.00. The SMILES string of the molecule is NC1(c2noc(-c3ccnc(-n4cccn4)c3)n2)CCCC1. The number of nitrogens with two attached hydrogens (primary N) is 1. The Morgan fingerprint density at radius 2 is 2.09 bits per heavy atom. The fraction of sp³-hybridized carbons (Fsp3) is 0.333. The Morgan fingerprint density at radius 3 is 2.86 bits per heavy atom. The molecule has 112 valence electrons. The first-order valence-corrected chi connectivity index (χ1v) is 7.34. The van der Waals surface area contributed by atoms with Crippen LogP contribution >= 0.6 is 0 Å². The van der Waals surface area contributed by atoms with Gasteiger partial charge in [0, 0.05) is 24.2 Å². The molecule has 0 saturated heterocycles. The first-order chi connectivity index (χ1) is 10.7. The summed E-state index contributed by atoms with van der Waals surface area (Å²) in [5.41, 5.74) is 6.73. The molecule has 0 amide bonds. The van der Waals surface area contributed by atoms with Crippen LogP contribution in [0.2, 0.25) is 0 Å². The molecule has 1 aliphatic rings. The van der Waals surface area contributed by atoms with Crippen LogP contribution in [0.5, 0.6) is 0 Å². The maximum absolute atomic E-state index is 6.37. The van der Waals surface area contributed by atoms with Crippen molar-refractivity contribution in [2.45, 2.75) is 31.2 Å². The van der Waals surface area contributed by atoms with Crippen molar-refractivity contribution in [3.05, 3.63) is 42.6 Å². The third kappa shape index (κ3) is 2.19. The highest BCUT2D eigenvalue weighted by Crippen LogP contribution is 2.35. The molecule has 0 atom stereocenters. The zero-order valence-electron chi connectivity index (χ0n) is 12.0. The molecule has 1 fully saturated rings. The van der Waals surface area contributed by atoms with Crippen molar-refractivity contribution in [1.82, 2.24) is 24.9 Å². The molecule has 0 aliphatic heterocycles. The van der Waals surface area contributed by atoms with Crippen LogP contribution in [0.1, 0.15) is 31.5 Å². The molecule has 3 aromatic rings. The van der Waals surface area contributed by atoms with E-state index in [0.29, 0.717) is 17.5 Å². The predicted molar refractivity (Wildman–Crippen MR) is 79.0 cm³/mol. The molecule has 7 heteroatoms. The predicted octanol–water partition coefficient (Wildman–Crippen LogP) is 2.05.